The Balaban J connectivity index is 2.32. The van der Waals surface area contributed by atoms with Gasteiger partial charge in [-0.15, -0.1) is 0 Å². The summed E-state index contributed by atoms with van der Waals surface area (Å²) in [6, 6.07) is 2.43. The van der Waals surface area contributed by atoms with Gasteiger partial charge in [-0.3, -0.25) is 0 Å². The lowest BCUT2D eigenvalue weighted by atomic mass is 10.1. The van der Waals surface area contributed by atoms with Crippen LogP contribution in [0, 0.1) is 17.6 Å². The normalized spacial score (nSPS) is 24.0. The molecule has 1 aliphatic carbocycles. The number of ether oxygens (including phenoxy) is 1. The van der Waals surface area contributed by atoms with Crippen LogP contribution in [0.1, 0.15) is 17.9 Å². The highest BCUT2D eigenvalue weighted by atomic mass is 19.1. The number of halogens is 2. The van der Waals surface area contributed by atoms with E-state index in [1.165, 1.54) is 19.2 Å². The first kappa shape index (κ1) is 10.4. The molecule has 0 bridgehead atoms. The van der Waals surface area contributed by atoms with Crippen LogP contribution in [-0.4, -0.2) is 13.7 Å². The molecule has 0 saturated heterocycles. The third-order valence-electron chi connectivity index (χ3n) is 2.88. The van der Waals surface area contributed by atoms with Crippen LogP contribution < -0.4 is 10.5 Å². The van der Waals surface area contributed by atoms with E-state index in [9.17, 15) is 8.78 Å². The standard InChI is InChI=1S/C11H13F2NO/c1-15-7-3-9(12)11(10(13)4-7)8-2-6(8)5-14/h3-4,6,8H,2,5,14H2,1H3. The molecule has 2 atom stereocenters. The molecular formula is C11H13F2NO. The van der Waals surface area contributed by atoms with Crippen molar-refractivity contribution in [3.8, 4) is 5.75 Å². The van der Waals surface area contributed by atoms with Crippen LogP contribution in [0.4, 0.5) is 8.78 Å². The van der Waals surface area contributed by atoms with Gasteiger partial charge in [-0.05, 0) is 24.8 Å². The number of hydrogen-bond donors (Lipinski definition) is 1. The van der Waals surface area contributed by atoms with Crippen LogP contribution in [0.5, 0.6) is 5.75 Å². The first-order valence-corrected chi connectivity index (χ1v) is 4.90. The molecule has 1 saturated carbocycles. The Morgan fingerprint density at radius 1 is 1.40 bits per heavy atom. The summed E-state index contributed by atoms with van der Waals surface area (Å²) in [5, 5.41) is 0. The van der Waals surface area contributed by atoms with Crippen LogP contribution in [0.15, 0.2) is 12.1 Å². The van der Waals surface area contributed by atoms with Crippen molar-refractivity contribution in [2.45, 2.75) is 12.3 Å². The van der Waals surface area contributed by atoms with E-state index in [4.69, 9.17) is 10.5 Å². The third-order valence-corrected chi connectivity index (χ3v) is 2.88. The van der Waals surface area contributed by atoms with E-state index in [1.54, 1.807) is 0 Å². The van der Waals surface area contributed by atoms with Gasteiger partial charge in [0, 0.05) is 17.7 Å². The van der Waals surface area contributed by atoms with Gasteiger partial charge in [-0.25, -0.2) is 8.78 Å². The number of nitrogens with two attached hydrogens (primary N) is 1. The van der Waals surface area contributed by atoms with Crippen molar-refractivity contribution < 1.29 is 13.5 Å². The van der Waals surface area contributed by atoms with Crippen molar-refractivity contribution >= 4 is 0 Å². The van der Waals surface area contributed by atoms with Crippen LogP contribution in [0.25, 0.3) is 0 Å². The second-order valence-electron chi connectivity index (χ2n) is 3.84. The summed E-state index contributed by atoms with van der Waals surface area (Å²) in [5.74, 6) is -0.692. The fourth-order valence-electron chi connectivity index (χ4n) is 1.89. The second-order valence-corrected chi connectivity index (χ2v) is 3.84. The number of hydrogen-bond acceptors (Lipinski definition) is 2. The van der Waals surface area contributed by atoms with E-state index < -0.39 is 11.6 Å². The molecular weight excluding hydrogens is 200 g/mol. The minimum absolute atomic E-state index is 0.0547. The predicted octanol–water partition coefficient (Wildman–Crippen LogP) is 2.04. The molecule has 0 spiro atoms. The largest absolute Gasteiger partial charge is 0.497 e. The summed E-state index contributed by atoms with van der Waals surface area (Å²) in [5.41, 5.74) is 5.61. The van der Waals surface area contributed by atoms with Gasteiger partial charge in [0.2, 0.25) is 0 Å². The van der Waals surface area contributed by atoms with Gasteiger partial charge in [-0.2, -0.15) is 0 Å². The number of rotatable bonds is 3. The molecule has 82 valence electrons. The zero-order valence-corrected chi connectivity index (χ0v) is 8.47. The monoisotopic (exact) mass is 213 g/mol. The Morgan fingerprint density at radius 2 is 2.00 bits per heavy atom. The average Bonchev–Trinajstić information content (AvgIpc) is 2.96. The average molecular weight is 213 g/mol. The molecule has 0 amide bonds. The Bertz CT molecular complexity index is 358. The molecule has 2 nitrogen and oxygen atoms in total. The van der Waals surface area contributed by atoms with Crippen LogP contribution in [0.3, 0.4) is 0 Å². The van der Waals surface area contributed by atoms with E-state index in [2.05, 4.69) is 0 Å². The van der Waals surface area contributed by atoms with E-state index >= 15 is 0 Å². The van der Waals surface area contributed by atoms with Gasteiger partial charge in [0.05, 0.1) is 7.11 Å². The summed E-state index contributed by atoms with van der Waals surface area (Å²) in [6.07, 6.45) is 0.774. The van der Waals surface area contributed by atoms with Gasteiger partial charge in [0.25, 0.3) is 0 Å². The van der Waals surface area contributed by atoms with E-state index in [1.807, 2.05) is 0 Å². The summed E-state index contributed by atoms with van der Waals surface area (Å²) in [7, 11) is 1.38. The quantitative estimate of drug-likeness (QED) is 0.833. The van der Waals surface area contributed by atoms with Crippen molar-refractivity contribution in [3.05, 3.63) is 29.3 Å². The Labute approximate surface area is 87.0 Å². The Hall–Kier alpha value is -1.16. The summed E-state index contributed by atoms with van der Waals surface area (Å²) >= 11 is 0. The van der Waals surface area contributed by atoms with Gasteiger partial charge in [-0.1, -0.05) is 0 Å². The van der Waals surface area contributed by atoms with Crippen LogP contribution in [0.2, 0.25) is 0 Å². The highest BCUT2D eigenvalue weighted by Crippen LogP contribution is 2.48. The van der Waals surface area contributed by atoms with E-state index in [0.717, 1.165) is 6.42 Å². The van der Waals surface area contributed by atoms with Gasteiger partial charge < -0.3 is 10.5 Å². The minimum atomic E-state index is -0.534. The first-order valence-electron chi connectivity index (χ1n) is 4.90. The highest BCUT2D eigenvalue weighted by molar-refractivity contribution is 5.35. The molecule has 2 rings (SSSR count). The number of methoxy groups -OCH3 is 1. The maximum Gasteiger partial charge on any atom is 0.133 e. The fourth-order valence-corrected chi connectivity index (χ4v) is 1.89. The molecule has 1 aromatic rings. The van der Waals surface area contributed by atoms with Crippen molar-refractivity contribution in [2.75, 3.05) is 13.7 Å². The van der Waals surface area contributed by atoms with Gasteiger partial charge in [0.15, 0.2) is 0 Å². The molecule has 0 radical (unpaired) electrons. The molecule has 4 heteroatoms. The van der Waals surface area contributed by atoms with E-state index in [0.29, 0.717) is 6.54 Å². The van der Waals surface area contributed by atoms with Crippen molar-refractivity contribution in [1.82, 2.24) is 0 Å². The number of benzene rings is 1. The lowest BCUT2D eigenvalue weighted by Gasteiger charge is -2.06. The Morgan fingerprint density at radius 3 is 2.40 bits per heavy atom. The van der Waals surface area contributed by atoms with Crippen molar-refractivity contribution in [2.24, 2.45) is 11.7 Å². The van der Waals surface area contributed by atoms with Gasteiger partial charge >= 0.3 is 0 Å². The maximum atomic E-state index is 13.5. The van der Waals surface area contributed by atoms with Gasteiger partial charge in [0.1, 0.15) is 17.4 Å². The van der Waals surface area contributed by atoms with Crippen molar-refractivity contribution in [1.29, 1.82) is 0 Å². The molecule has 0 aromatic heterocycles. The molecule has 1 fully saturated rings. The second kappa shape index (κ2) is 3.77. The molecule has 0 heterocycles. The van der Waals surface area contributed by atoms with Crippen molar-refractivity contribution in [3.63, 3.8) is 0 Å². The topological polar surface area (TPSA) is 35.2 Å². The highest BCUT2D eigenvalue weighted by Gasteiger charge is 2.40. The summed E-state index contributed by atoms with van der Waals surface area (Å²) in [6.45, 7) is 0.482. The first-order chi connectivity index (χ1) is 7.17. The minimum Gasteiger partial charge on any atom is -0.497 e. The summed E-state index contributed by atoms with van der Waals surface area (Å²) < 4.78 is 31.9. The smallest absolute Gasteiger partial charge is 0.133 e. The molecule has 2 N–H and O–H groups in total. The molecule has 15 heavy (non-hydrogen) atoms. The van der Waals surface area contributed by atoms with Crippen LogP contribution >= 0.6 is 0 Å². The fraction of sp³-hybridized carbons (Fsp3) is 0.455. The lowest BCUT2D eigenvalue weighted by Crippen LogP contribution is -2.04. The Kier molecular flexibility index (Phi) is 2.61. The zero-order chi connectivity index (χ0) is 11.0. The maximum absolute atomic E-state index is 13.5. The molecule has 0 aliphatic heterocycles. The molecule has 2 unspecified atom stereocenters. The lowest BCUT2D eigenvalue weighted by molar-refractivity contribution is 0.405. The van der Waals surface area contributed by atoms with Crippen LogP contribution in [-0.2, 0) is 0 Å². The third kappa shape index (κ3) is 1.81. The predicted molar refractivity (Wildman–Crippen MR) is 52.8 cm³/mol. The molecule has 1 aliphatic rings. The zero-order valence-electron chi connectivity index (χ0n) is 8.47. The summed E-state index contributed by atoms with van der Waals surface area (Å²) in [4.78, 5) is 0. The van der Waals surface area contributed by atoms with E-state index in [-0.39, 0.29) is 23.1 Å². The SMILES string of the molecule is COc1cc(F)c(C2CC2CN)c(F)c1. The molecule has 1 aromatic carbocycles.